The van der Waals surface area contributed by atoms with Gasteiger partial charge in [0.1, 0.15) is 24.3 Å². The maximum absolute atomic E-state index is 13.1. The van der Waals surface area contributed by atoms with Crippen molar-refractivity contribution < 1.29 is 9.53 Å². The molecule has 3 heterocycles. The minimum Gasteiger partial charge on any atom is -0.475 e. The van der Waals surface area contributed by atoms with Crippen molar-refractivity contribution in [3.05, 3.63) is 47.4 Å². The van der Waals surface area contributed by atoms with E-state index in [1.54, 1.807) is 11.0 Å². The number of rotatable bonds is 3. The van der Waals surface area contributed by atoms with Crippen LogP contribution in [0.15, 0.2) is 36.8 Å². The molecule has 8 nitrogen and oxygen atoms in total. The molecular formula is C21H23ClN6O2. The number of anilines is 2. The van der Waals surface area contributed by atoms with E-state index >= 15 is 0 Å². The van der Waals surface area contributed by atoms with Gasteiger partial charge in [-0.1, -0.05) is 32.4 Å². The summed E-state index contributed by atoms with van der Waals surface area (Å²) in [6, 6.07) is 7.40. The molecule has 4 rings (SSSR count). The Morgan fingerprint density at radius 2 is 2.03 bits per heavy atom. The highest BCUT2D eigenvalue weighted by Gasteiger charge is 2.29. The van der Waals surface area contributed by atoms with E-state index in [2.05, 4.69) is 35.8 Å². The summed E-state index contributed by atoms with van der Waals surface area (Å²) in [6.45, 7) is 7.90. The van der Waals surface area contributed by atoms with E-state index < -0.39 is 0 Å². The minimum atomic E-state index is -0.320. The van der Waals surface area contributed by atoms with Gasteiger partial charge in [-0.15, -0.1) is 0 Å². The molecule has 1 aliphatic rings. The molecule has 2 N–H and O–H groups in total. The second-order valence-electron chi connectivity index (χ2n) is 8.37. The molecule has 1 aliphatic heterocycles. The maximum atomic E-state index is 13.1. The van der Waals surface area contributed by atoms with Gasteiger partial charge in [-0.05, 0) is 29.7 Å². The second-order valence-corrected chi connectivity index (χ2v) is 8.77. The number of amides is 1. The topological polar surface area (TPSA) is 99.2 Å². The van der Waals surface area contributed by atoms with Crippen LogP contribution in [0.2, 0.25) is 5.02 Å². The first-order valence-electron chi connectivity index (χ1n) is 9.61. The number of hydrogen-bond donors (Lipinski definition) is 1. The maximum Gasteiger partial charge on any atom is 0.267 e. The first-order chi connectivity index (χ1) is 14.2. The van der Waals surface area contributed by atoms with E-state index in [1.165, 1.54) is 6.33 Å². The Bertz CT molecular complexity index is 1110. The number of benzene rings is 1. The summed E-state index contributed by atoms with van der Waals surface area (Å²) in [5.41, 5.74) is 8.41. The lowest BCUT2D eigenvalue weighted by Gasteiger charge is -2.21. The molecule has 1 amide bonds. The van der Waals surface area contributed by atoms with Crippen LogP contribution in [0.1, 0.15) is 31.1 Å². The minimum absolute atomic E-state index is 0.0870. The molecule has 3 aromatic rings. The summed E-state index contributed by atoms with van der Waals surface area (Å²) in [4.78, 5) is 22.6. The van der Waals surface area contributed by atoms with Crippen LogP contribution >= 0.6 is 11.6 Å². The van der Waals surface area contributed by atoms with Crippen molar-refractivity contribution in [1.82, 2.24) is 19.7 Å². The van der Waals surface area contributed by atoms with Gasteiger partial charge in [-0.3, -0.25) is 9.48 Å². The van der Waals surface area contributed by atoms with Gasteiger partial charge in [0, 0.05) is 24.0 Å². The number of nitrogens with zero attached hydrogens (tertiary/aromatic N) is 5. The van der Waals surface area contributed by atoms with Crippen LogP contribution in [0.3, 0.4) is 0 Å². The number of carbonyl (C=O) groups excluding carboxylic acids is 1. The predicted molar refractivity (Wildman–Crippen MR) is 116 cm³/mol. The fourth-order valence-corrected chi connectivity index (χ4v) is 3.64. The van der Waals surface area contributed by atoms with Crippen molar-refractivity contribution in [2.45, 2.75) is 27.3 Å². The Labute approximate surface area is 179 Å². The Balaban J connectivity index is 1.64. The molecule has 0 aliphatic carbocycles. The van der Waals surface area contributed by atoms with Crippen molar-refractivity contribution in [1.29, 1.82) is 0 Å². The van der Waals surface area contributed by atoms with Gasteiger partial charge in [0.2, 0.25) is 5.88 Å². The van der Waals surface area contributed by atoms with Gasteiger partial charge in [-0.2, -0.15) is 5.10 Å². The molecule has 0 radical (unpaired) electrons. The predicted octanol–water partition coefficient (Wildman–Crippen LogP) is 3.66. The van der Waals surface area contributed by atoms with Crippen molar-refractivity contribution in [3.8, 4) is 17.1 Å². The third kappa shape index (κ3) is 3.95. The monoisotopic (exact) mass is 426 g/mol. The fourth-order valence-electron chi connectivity index (χ4n) is 3.37. The van der Waals surface area contributed by atoms with Gasteiger partial charge in [0.05, 0.1) is 17.3 Å². The summed E-state index contributed by atoms with van der Waals surface area (Å²) >= 11 is 6.58. The van der Waals surface area contributed by atoms with E-state index in [0.29, 0.717) is 17.3 Å². The lowest BCUT2D eigenvalue weighted by molar-refractivity contribution is 0.0990. The molecule has 1 aromatic carbocycles. The van der Waals surface area contributed by atoms with Crippen molar-refractivity contribution in [2.24, 2.45) is 5.41 Å². The standard InChI is InChI=1S/C21H23ClN6O2/c1-21(2,3)11-27-7-6-16(26-27)14-5-4-13(10-15(14)22)28-8-9-30-19-17(20(28)29)18(23)24-12-25-19/h4-7,10,12H,8-9,11H2,1-3H3,(H2,23,24,25). The van der Waals surface area contributed by atoms with Gasteiger partial charge < -0.3 is 15.4 Å². The summed E-state index contributed by atoms with van der Waals surface area (Å²) in [7, 11) is 0. The lowest BCUT2D eigenvalue weighted by Crippen LogP contribution is -2.32. The van der Waals surface area contributed by atoms with Crippen LogP contribution in [-0.2, 0) is 6.54 Å². The molecule has 0 unspecified atom stereocenters. The van der Waals surface area contributed by atoms with E-state index in [0.717, 1.165) is 17.8 Å². The van der Waals surface area contributed by atoms with Crippen molar-refractivity contribution in [3.63, 3.8) is 0 Å². The Kier molecular flexibility index (Phi) is 5.11. The number of nitrogen functional groups attached to an aromatic ring is 1. The summed E-state index contributed by atoms with van der Waals surface area (Å²) in [6.07, 6.45) is 3.22. The van der Waals surface area contributed by atoms with Gasteiger partial charge in [0.15, 0.2) is 0 Å². The van der Waals surface area contributed by atoms with E-state index in [9.17, 15) is 4.79 Å². The first kappa shape index (κ1) is 20.2. The van der Waals surface area contributed by atoms with Crippen LogP contribution in [0.5, 0.6) is 5.88 Å². The van der Waals surface area contributed by atoms with Crippen LogP contribution in [0.25, 0.3) is 11.3 Å². The van der Waals surface area contributed by atoms with Crippen LogP contribution in [-0.4, -0.2) is 38.8 Å². The molecule has 2 aromatic heterocycles. The van der Waals surface area contributed by atoms with Gasteiger partial charge in [-0.25, -0.2) is 9.97 Å². The molecule has 0 saturated heterocycles. The molecular weight excluding hydrogens is 404 g/mol. The zero-order valence-corrected chi connectivity index (χ0v) is 17.8. The summed E-state index contributed by atoms with van der Waals surface area (Å²) < 4.78 is 7.49. The average molecular weight is 427 g/mol. The molecule has 9 heteroatoms. The molecule has 156 valence electrons. The number of aromatic nitrogens is 4. The Morgan fingerprint density at radius 1 is 1.23 bits per heavy atom. The zero-order valence-electron chi connectivity index (χ0n) is 17.1. The fraction of sp³-hybridized carbons (Fsp3) is 0.333. The Morgan fingerprint density at radius 3 is 2.77 bits per heavy atom. The number of nitrogens with two attached hydrogens (primary N) is 1. The molecule has 30 heavy (non-hydrogen) atoms. The van der Waals surface area contributed by atoms with E-state index in [1.807, 2.05) is 29.1 Å². The first-order valence-corrected chi connectivity index (χ1v) is 9.99. The zero-order chi connectivity index (χ0) is 21.5. The van der Waals surface area contributed by atoms with Crippen molar-refractivity contribution >= 4 is 29.0 Å². The summed E-state index contributed by atoms with van der Waals surface area (Å²) in [5.74, 6) is -0.0371. The quantitative estimate of drug-likeness (QED) is 0.686. The molecule has 0 bridgehead atoms. The largest absolute Gasteiger partial charge is 0.475 e. The SMILES string of the molecule is CC(C)(C)Cn1ccc(-c2ccc(N3CCOc4ncnc(N)c4C3=O)cc2Cl)n1. The Hall–Kier alpha value is -3.13. The number of carbonyl (C=O) groups is 1. The van der Waals surface area contributed by atoms with Crippen LogP contribution < -0.4 is 15.4 Å². The van der Waals surface area contributed by atoms with Crippen molar-refractivity contribution in [2.75, 3.05) is 23.8 Å². The van der Waals surface area contributed by atoms with Crippen LogP contribution in [0, 0.1) is 5.41 Å². The molecule has 0 spiro atoms. The third-order valence-corrected chi connectivity index (χ3v) is 4.98. The lowest BCUT2D eigenvalue weighted by atomic mass is 9.97. The van der Waals surface area contributed by atoms with E-state index in [4.69, 9.17) is 22.1 Å². The number of fused-ring (bicyclic) bond motifs is 1. The van der Waals surface area contributed by atoms with Gasteiger partial charge in [0.25, 0.3) is 5.91 Å². The van der Waals surface area contributed by atoms with E-state index in [-0.39, 0.29) is 35.2 Å². The van der Waals surface area contributed by atoms with Crippen LogP contribution in [0.4, 0.5) is 11.5 Å². The summed E-state index contributed by atoms with van der Waals surface area (Å²) in [5, 5.41) is 5.14. The second kappa shape index (κ2) is 7.60. The highest BCUT2D eigenvalue weighted by molar-refractivity contribution is 6.33. The number of halogens is 1. The molecule has 0 saturated carbocycles. The average Bonchev–Trinajstić information content (AvgIpc) is 3.03. The molecule has 0 fully saturated rings. The van der Waals surface area contributed by atoms with Gasteiger partial charge >= 0.3 is 0 Å². The normalized spacial score (nSPS) is 14.3. The highest BCUT2D eigenvalue weighted by atomic mass is 35.5. The highest BCUT2D eigenvalue weighted by Crippen LogP contribution is 2.33. The number of hydrogen-bond acceptors (Lipinski definition) is 6. The molecule has 0 atom stereocenters. The third-order valence-electron chi connectivity index (χ3n) is 4.67. The smallest absolute Gasteiger partial charge is 0.267 e. The number of ether oxygens (including phenoxy) is 1.